The van der Waals surface area contributed by atoms with Crippen LogP contribution in [0.2, 0.25) is 0 Å². The first-order chi connectivity index (χ1) is 6.85. The second-order valence-corrected chi connectivity index (χ2v) is 4.38. The summed E-state index contributed by atoms with van der Waals surface area (Å²) >= 11 is 0. The van der Waals surface area contributed by atoms with Gasteiger partial charge in [-0.2, -0.15) is 0 Å². The Morgan fingerprint density at radius 1 is 1.60 bits per heavy atom. The molecule has 0 aliphatic rings. The minimum Gasteiger partial charge on any atom is -0.443 e. The highest BCUT2D eigenvalue weighted by atomic mass is 31.2. The van der Waals surface area contributed by atoms with Crippen molar-refractivity contribution < 1.29 is 28.6 Å². The molecule has 8 nitrogen and oxygen atoms in total. The number of ether oxygens (including phenoxy) is 2. The van der Waals surface area contributed by atoms with Gasteiger partial charge in [-0.05, 0) is 0 Å². The van der Waals surface area contributed by atoms with Crippen LogP contribution in [0.25, 0.3) is 0 Å². The molecule has 0 rings (SSSR count). The van der Waals surface area contributed by atoms with Gasteiger partial charge in [-0.1, -0.05) is 0 Å². The van der Waals surface area contributed by atoms with Crippen LogP contribution in [0.1, 0.15) is 0 Å². The first kappa shape index (κ1) is 14.5. The van der Waals surface area contributed by atoms with E-state index in [0.717, 1.165) is 0 Å². The summed E-state index contributed by atoms with van der Waals surface area (Å²) in [6.45, 7) is -0.257. The maximum atomic E-state index is 10.9. The fourth-order valence-electron chi connectivity index (χ4n) is 0.712. The van der Waals surface area contributed by atoms with Crippen LogP contribution in [0.15, 0.2) is 0 Å². The van der Waals surface area contributed by atoms with Crippen LogP contribution in [-0.2, 0) is 18.8 Å². The van der Waals surface area contributed by atoms with Crippen LogP contribution >= 0.6 is 7.60 Å². The van der Waals surface area contributed by atoms with Gasteiger partial charge in [0.15, 0.2) is 6.23 Å². The second-order valence-electron chi connectivity index (χ2n) is 2.73. The minimum atomic E-state index is -4.14. The van der Waals surface area contributed by atoms with Gasteiger partial charge >= 0.3 is 13.6 Å². The van der Waals surface area contributed by atoms with Gasteiger partial charge in [0.25, 0.3) is 0 Å². The Kier molecular flexibility index (Phi) is 6.66. The molecular weight excluding hydrogens is 227 g/mol. The van der Waals surface area contributed by atoms with Gasteiger partial charge in [-0.15, -0.1) is 0 Å². The first-order valence-corrected chi connectivity index (χ1v) is 5.84. The number of hydrogen-bond donors (Lipinski definition) is 4. The second kappa shape index (κ2) is 6.89. The number of carbonyl (C=O) groups is 1. The van der Waals surface area contributed by atoms with Crippen molar-refractivity contribution >= 4 is 13.6 Å². The number of carbonyl (C=O) groups excluding carboxylic acids is 1. The molecule has 0 spiro atoms. The van der Waals surface area contributed by atoms with Gasteiger partial charge in [0.05, 0.1) is 19.4 Å². The number of hydrogen-bond acceptors (Lipinski definition) is 6. The van der Waals surface area contributed by atoms with Crippen molar-refractivity contribution in [3.8, 4) is 0 Å². The van der Waals surface area contributed by atoms with Crippen LogP contribution in [0.3, 0.4) is 0 Å². The molecule has 0 aromatic heterocycles. The van der Waals surface area contributed by atoms with Crippen molar-refractivity contribution in [2.75, 3.05) is 26.5 Å². The molecule has 0 aliphatic heterocycles. The Morgan fingerprint density at radius 3 is 2.67 bits per heavy atom. The third kappa shape index (κ3) is 9.80. The number of nitrogens with two attached hydrogens (primary N) is 1. The van der Waals surface area contributed by atoms with E-state index < -0.39 is 26.1 Å². The van der Waals surface area contributed by atoms with Gasteiger partial charge in [0.1, 0.15) is 0 Å². The summed E-state index contributed by atoms with van der Waals surface area (Å²) in [5.41, 5.74) is 5.29. The molecule has 0 amide bonds. The maximum absolute atomic E-state index is 10.9. The number of methoxy groups -OCH3 is 1. The molecule has 0 aromatic rings. The van der Waals surface area contributed by atoms with E-state index in [1.54, 1.807) is 0 Å². The molecule has 15 heavy (non-hydrogen) atoms. The molecule has 1 unspecified atom stereocenters. The summed E-state index contributed by atoms with van der Waals surface area (Å²) in [5.74, 6) is -0.701. The van der Waals surface area contributed by atoms with Crippen molar-refractivity contribution in [2.24, 2.45) is 5.73 Å². The summed E-state index contributed by atoms with van der Waals surface area (Å²) in [4.78, 5) is 27.8. The van der Waals surface area contributed by atoms with Crippen LogP contribution in [0, 0.1) is 0 Å². The number of nitrogens with one attached hydrogen (secondary N) is 1. The zero-order valence-corrected chi connectivity index (χ0v) is 9.15. The molecule has 1 atom stereocenters. The van der Waals surface area contributed by atoms with E-state index in [9.17, 15) is 9.36 Å². The van der Waals surface area contributed by atoms with E-state index in [4.69, 9.17) is 15.5 Å². The molecule has 0 aliphatic carbocycles. The predicted molar refractivity (Wildman–Crippen MR) is 50.9 cm³/mol. The highest BCUT2D eigenvalue weighted by Crippen LogP contribution is 2.31. The third-order valence-electron chi connectivity index (χ3n) is 1.20. The lowest BCUT2D eigenvalue weighted by Gasteiger charge is -2.12. The van der Waals surface area contributed by atoms with Crippen LogP contribution in [0.5, 0.6) is 0 Å². The molecule has 0 saturated carbocycles. The zero-order valence-electron chi connectivity index (χ0n) is 8.25. The lowest BCUT2D eigenvalue weighted by molar-refractivity contribution is -0.150. The van der Waals surface area contributed by atoms with Crippen molar-refractivity contribution in [1.82, 2.24) is 5.32 Å². The van der Waals surface area contributed by atoms with E-state index in [2.05, 4.69) is 14.8 Å². The van der Waals surface area contributed by atoms with Crippen LogP contribution in [0.4, 0.5) is 0 Å². The van der Waals surface area contributed by atoms with Gasteiger partial charge < -0.3 is 19.3 Å². The maximum Gasteiger partial charge on any atom is 0.339 e. The van der Waals surface area contributed by atoms with Gasteiger partial charge in [-0.25, -0.2) is 0 Å². The predicted octanol–water partition coefficient (Wildman–Crippen LogP) is -1.81. The van der Waals surface area contributed by atoms with E-state index in [1.807, 2.05) is 0 Å². The fraction of sp³-hybridized carbons (Fsp3) is 0.833. The lowest BCUT2D eigenvalue weighted by Crippen LogP contribution is -2.35. The molecule has 0 heterocycles. The molecular formula is C6H15N2O6P. The number of esters is 1. The normalized spacial score (nSPS) is 13.6. The first-order valence-electron chi connectivity index (χ1n) is 4.04. The molecule has 0 radical (unpaired) electrons. The molecule has 0 saturated heterocycles. The summed E-state index contributed by atoms with van der Waals surface area (Å²) in [6, 6.07) is 0. The molecule has 0 aromatic carbocycles. The average molecular weight is 242 g/mol. The summed E-state index contributed by atoms with van der Waals surface area (Å²) in [6.07, 6.45) is -1.46. The Labute approximate surface area is 86.9 Å². The van der Waals surface area contributed by atoms with Gasteiger partial charge in [-0.3, -0.25) is 20.4 Å². The summed E-state index contributed by atoms with van der Waals surface area (Å²) in [5, 5.41) is 2.24. The average Bonchev–Trinajstić information content (AvgIpc) is 2.01. The SMILES string of the molecule is COCC(N)OC(=O)CNCP(=O)(O)O. The standard InChI is InChI=1S/C6H15N2O6P/c1-13-3-5(7)14-6(9)2-8-4-15(10,11)12/h5,8H,2-4,7H2,1H3,(H2,10,11,12). The van der Waals surface area contributed by atoms with E-state index in [1.165, 1.54) is 7.11 Å². The Hall–Kier alpha value is -0.500. The number of rotatable bonds is 7. The monoisotopic (exact) mass is 242 g/mol. The summed E-state index contributed by atoms with van der Waals surface area (Å²) in [7, 11) is -2.74. The fourth-order valence-corrected chi connectivity index (χ4v) is 1.12. The lowest BCUT2D eigenvalue weighted by atomic mass is 10.6. The Balaban J connectivity index is 3.62. The van der Waals surface area contributed by atoms with E-state index in [0.29, 0.717) is 0 Å². The zero-order chi connectivity index (χ0) is 11.9. The van der Waals surface area contributed by atoms with Crippen molar-refractivity contribution in [3.63, 3.8) is 0 Å². The minimum absolute atomic E-state index is 0.0598. The van der Waals surface area contributed by atoms with Gasteiger partial charge in [0, 0.05) is 7.11 Å². The Morgan fingerprint density at radius 2 is 2.20 bits per heavy atom. The molecule has 9 heteroatoms. The smallest absolute Gasteiger partial charge is 0.339 e. The van der Waals surface area contributed by atoms with Crippen molar-refractivity contribution in [2.45, 2.75) is 6.23 Å². The molecule has 90 valence electrons. The van der Waals surface area contributed by atoms with Gasteiger partial charge in [0.2, 0.25) is 0 Å². The highest BCUT2D eigenvalue weighted by Gasteiger charge is 2.14. The molecule has 5 N–H and O–H groups in total. The van der Waals surface area contributed by atoms with E-state index >= 15 is 0 Å². The summed E-state index contributed by atoms with van der Waals surface area (Å²) < 4.78 is 19.6. The van der Waals surface area contributed by atoms with Crippen molar-refractivity contribution in [3.05, 3.63) is 0 Å². The highest BCUT2D eigenvalue weighted by molar-refractivity contribution is 7.51. The molecule has 0 fully saturated rings. The largest absolute Gasteiger partial charge is 0.443 e. The quantitative estimate of drug-likeness (QED) is 0.233. The third-order valence-corrected chi connectivity index (χ3v) is 1.84. The van der Waals surface area contributed by atoms with Crippen LogP contribution in [-0.4, -0.2) is 48.5 Å². The van der Waals surface area contributed by atoms with Crippen molar-refractivity contribution in [1.29, 1.82) is 0 Å². The van der Waals surface area contributed by atoms with Crippen LogP contribution < -0.4 is 11.1 Å². The van der Waals surface area contributed by atoms with E-state index in [-0.39, 0.29) is 13.2 Å². The molecule has 0 bridgehead atoms. The Bertz CT molecular complexity index is 242. The topological polar surface area (TPSA) is 131 Å².